The SMILES string of the molecule is CC1CCC(C(C)C)C(Oc2ccc(N)cc2C(=O)O)C1. The first-order valence-corrected chi connectivity index (χ1v) is 7.68. The normalized spacial score (nSPS) is 25.8. The molecule has 0 heterocycles. The molecule has 21 heavy (non-hydrogen) atoms. The summed E-state index contributed by atoms with van der Waals surface area (Å²) in [7, 11) is 0. The number of carboxylic acid groups (broad SMARTS) is 1. The van der Waals surface area contributed by atoms with Crippen LogP contribution in [0, 0.1) is 17.8 Å². The van der Waals surface area contributed by atoms with Gasteiger partial charge in [-0.15, -0.1) is 0 Å². The fourth-order valence-electron chi connectivity index (χ4n) is 3.23. The number of carbonyl (C=O) groups is 1. The van der Waals surface area contributed by atoms with Crippen molar-refractivity contribution in [2.75, 3.05) is 5.73 Å². The van der Waals surface area contributed by atoms with Crippen molar-refractivity contribution in [3.63, 3.8) is 0 Å². The molecule has 0 saturated heterocycles. The lowest BCUT2D eigenvalue weighted by Gasteiger charge is -2.37. The van der Waals surface area contributed by atoms with Crippen LogP contribution in [0.4, 0.5) is 5.69 Å². The first-order chi connectivity index (χ1) is 9.88. The van der Waals surface area contributed by atoms with Crippen LogP contribution >= 0.6 is 0 Å². The number of carboxylic acids is 1. The average Bonchev–Trinajstić information content (AvgIpc) is 2.40. The summed E-state index contributed by atoms with van der Waals surface area (Å²) >= 11 is 0. The molecule has 116 valence electrons. The first kappa shape index (κ1) is 15.7. The van der Waals surface area contributed by atoms with E-state index in [0.29, 0.717) is 29.2 Å². The molecule has 3 atom stereocenters. The summed E-state index contributed by atoms with van der Waals surface area (Å²) in [6.45, 7) is 6.64. The van der Waals surface area contributed by atoms with Crippen molar-refractivity contribution in [3.05, 3.63) is 23.8 Å². The van der Waals surface area contributed by atoms with Crippen LogP contribution in [0.25, 0.3) is 0 Å². The van der Waals surface area contributed by atoms with E-state index in [1.165, 1.54) is 12.5 Å². The number of aromatic carboxylic acids is 1. The Morgan fingerprint density at radius 1 is 1.38 bits per heavy atom. The summed E-state index contributed by atoms with van der Waals surface area (Å²) < 4.78 is 6.11. The van der Waals surface area contributed by atoms with Crippen LogP contribution in [0.2, 0.25) is 0 Å². The first-order valence-electron chi connectivity index (χ1n) is 7.68. The number of benzene rings is 1. The van der Waals surface area contributed by atoms with Gasteiger partial charge in [0.25, 0.3) is 0 Å². The van der Waals surface area contributed by atoms with Gasteiger partial charge in [-0.25, -0.2) is 4.79 Å². The Morgan fingerprint density at radius 2 is 2.10 bits per heavy atom. The zero-order valence-corrected chi connectivity index (χ0v) is 13.0. The molecular formula is C17H25NO3. The lowest BCUT2D eigenvalue weighted by molar-refractivity contribution is 0.0437. The third-order valence-corrected chi connectivity index (χ3v) is 4.47. The monoisotopic (exact) mass is 291 g/mol. The molecule has 0 radical (unpaired) electrons. The zero-order chi connectivity index (χ0) is 15.6. The molecule has 2 rings (SSSR count). The molecule has 0 bridgehead atoms. The van der Waals surface area contributed by atoms with Gasteiger partial charge >= 0.3 is 5.97 Å². The molecule has 1 aliphatic carbocycles. The molecule has 3 unspecified atom stereocenters. The molecule has 4 nitrogen and oxygen atoms in total. The van der Waals surface area contributed by atoms with E-state index >= 15 is 0 Å². The minimum Gasteiger partial charge on any atom is -0.489 e. The summed E-state index contributed by atoms with van der Waals surface area (Å²) in [6, 6.07) is 4.84. The number of hydrogen-bond donors (Lipinski definition) is 2. The van der Waals surface area contributed by atoms with Crippen LogP contribution in [0.1, 0.15) is 50.4 Å². The van der Waals surface area contributed by atoms with Gasteiger partial charge in [0.1, 0.15) is 17.4 Å². The predicted octanol–water partition coefficient (Wildman–Crippen LogP) is 3.81. The number of anilines is 1. The van der Waals surface area contributed by atoms with Gasteiger partial charge in [0.2, 0.25) is 0 Å². The highest BCUT2D eigenvalue weighted by atomic mass is 16.5. The van der Waals surface area contributed by atoms with Crippen LogP contribution in [0.3, 0.4) is 0 Å². The molecule has 1 aliphatic rings. The Labute approximate surface area is 126 Å². The van der Waals surface area contributed by atoms with E-state index < -0.39 is 5.97 Å². The van der Waals surface area contributed by atoms with Crippen LogP contribution in [-0.4, -0.2) is 17.2 Å². The lowest BCUT2D eigenvalue weighted by Crippen LogP contribution is -2.36. The molecule has 0 amide bonds. The third kappa shape index (κ3) is 3.69. The van der Waals surface area contributed by atoms with E-state index in [1.54, 1.807) is 12.1 Å². The minimum absolute atomic E-state index is 0.0791. The molecule has 1 fully saturated rings. The highest BCUT2D eigenvalue weighted by Crippen LogP contribution is 2.36. The van der Waals surface area contributed by atoms with Crippen LogP contribution < -0.4 is 10.5 Å². The number of nitrogen functional groups attached to an aromatic ring is 1. The summed E-state index contributed by atoms with van der Waals surface area (Å²) in [4.78, 5) is 11.4. The van der Waals surface area contributed by atoms with Crippen molar-refractivity contribution in [1.29, 1.82) is 0 Å². The summed E-state index contributed by atoms with van der Waals surface area (Å²) in [6.07, 6.45) is 3.42. The van der Waals surface area contributed by atoms with Gasteiger partial charge in [0.05, 0.1) is 0 Å². The Bertz CT molecular complexity index is 513. The smallest absolute Gasteiger partial charge is 0.339 e. The summed E-state index contributed by atoms with van der Waals surface area (Å²) in [5.41, 5.74) is 6.27. The number of nitrogens with two attached hydrogens (primary N) is 1. The van der Waals surface area contributed by atoms with Gasteiger partial charge in [-0.05, 0) is 48.8 Å². The zero-order valence-electron chi connectivity index (χ0n) is 13.0. The molecule has 1 saturated carbocycles. The fraction of sp³-hybridized carbons (Fsp3) is 0.588. The molecule has 3 N–H and O–H groups in total. The van der Waals surface area contributed by atoms with E-state index in [4.69, 9.17) is 10.5 Å². The highest BCUT2D eigenvalue weighted by Gasteiger charge is 2.33. The van der Waals surface area contributed by atoms with E-state index in [0.717, 1.165) is 12.8 Å². The van der Waals surface area contributed by atoms with E-state index in [9.17, 15) is 9.90 Å². The van der Waals surface area contributed by atoms with Crippen molar-refractivity contribution in [3.8, 4) is 5.75 Å². The van der Waals surface area contributed by atoms with Gasteiger partial charge in [0, 0.05) is 5.69 Å². The average molecular weight is 291 g/mol. The molecule has 0 aromatic heterocycles. The van der Waals surface area contributed by atoms with Crippen LogP contribution in [-0.2, 0) is 0 Å². The largest absolute Gasteiger partial charge is 0.489 e. The molecular weight excluding hydrogens is 266 g/mol. The minimum atomic E-state index is -0.998. The predicted molar refractivity (Wildman–Crippen MR) is 83.6 cm³/mol. The van der Waals surface area contributed by atoms with Crippen molar-refractivity contribution in [2.24, 2.45) is 17.8 Å². The maximum atomic E-state index is 11.4. The second-order valence-electron chi connectivity index (χ2n) is 6.54. The van der Waals surface area contributed by atoms with Gasteiger partial charge in [-0.3, -0.25) is 0 Å². The standard InChI is InChI=1S/C17H25NO3/c1-10(2)13-6-4-11(3)8-16(13)21-15-7-5-12(18)9-14(15)17(19)20/h5,7,9-11,13,16H,4,6,8,18H2,1-3H3,(H,19,20). The quantitative estimate of drug-likeness (QED) is 0.827. The van der Waals surface area contributed by atoms with Crippen molar-refractivity contribution < 1.29 is 14.6 Å². The second-order valence-corrected chi connectivity index (χ2v) is 6.54. The molecule has 0 aliphatic heterocycles. The molecule has 4 heteroatoms. The maximum Gasteiger partial charge on any atom is 0.339 e. The van der Waals surface area contributed by atoms with Gasteiger partial charge in [0.15, 0.2) is 0 Å². The van der Waals surface area contributed by atoms with Gasteiger partial charge in [-0.2, -0.15) is 0 Å². The Balaban J connectivity index is 2.24. The number of hydrogen-bond acceptors (Lipinski definition) is 3. The van der Waals surface area contributed by atoms with E-state index in [2.05, 4.69) is 20.8 Å². The van der Waals surface area contributed by atoms with Crippen molar-refractivity contribution in [2.45, 2.75) is 46.1 Å². The van der Waals surface area contributed by atoms with Crippen LogP contribution in [0.15, 0.2) is 18.2 Å². The Hall–Kier alpha value is -1.71. The highest BCUT2D eigenvalue weighted by molar-refractivity contribution is 5.92. The number of ether oxygens (including phenoxy) is 1. The molecule has 0 spiro atoms. The van der Waals surface area contributed by atoms with E-state index in [1.807, 2.05) is 0 Å². The Kier molecular flexibility index (Phi) is 4.76. The summed E-state index contributed by atoms with van der Waals surface area (Å²) in [5.74, 6) is 1.06. The van der Waals surface area contributed by atoms with E-state index in [-0.39, 0.29) is 11.7 Å². The maximum absolute atomic E-state index is 11.4. The Morgan fingerprint density at radius 3 is 2.71 bits per heavy atom. The second kappa shape index (κ2) is 6.37. The van der Waals surface area contributed by atoms with Gasteiger partial charge < -0.3 is 15.6 Å². The fourth-order valence-corrected chi connectivity index (χ4v) is 3.23. The molecule has 1 aromatic carbocycles. The van der Waals surface area contributed by atoms with Crippen molar-refractivity contribution >= 4 is 11.7 Å². The topological polar surface area (TPSA) is 72.5 Å². The lowest BCUT2D eigenvalue weighted by atomic mass is 9.75. The summed E-state index contributed by atoms with van der Waals surface area (Å²) in [5, 5.41) is 9.31. The third-order valence-electron chi connectivity index (χ3n) is 4.47. The molecule has 1 aromatic rings. The van der Waals surface area contributed by atoms with Gasteiger partial charge in [-0.1, -0.05) is 27.2 Å². The van der Waals surface area contributed by atoms with Crippen molar-refractivity contribution in [1.82, 2.24) is 0 Å². The van der Waals surface area contributed by atoms with Crippen LogP contribution in [0.5, 0.6) is 5.75 Å². The number of rotatable bonds is 4.